The molecule has 0 aliphatic heterocycles. The minimum atomic E-state index is -0.505. The molecular weight excluding hydrogens is 278 g/mol. The Morgan fingerprint density at radius 3 is 2.59 bits per heavy atom. The zero-order valence-electron chi connectivity index (χ0n) is 12.7. The second kappa shape index (κ2) is 7.41. The minimum absolute atomic E-state index is 0.180. The first-order chi connectivity index (χ1) is 10.6. The summed E-state index contributed by atoms with van der Waals surface area (Å²) in [6.07, 6.45) is 3.52. The fourth-order valence-corrected chi connectivity index (χ4v) is 2.14. The maximum absolute atomic E-state index is 12.1. The van der Waals surface area contributed by atoms with E-state index in [1.165, 1.54) is 10.6 Å². The zero-order chi connectivity index (χ0) is 15.9. The zero-order valence-corrected chi connectivity index (χ0v) is 12.7. The van der Waals surface area contributed by atoms with Gasteiger partial charge in [0.25, 0.3) is 5.56 Å². The summed E-state index contributed by atoms with van der Waals surface area (Å²) in [4.78, 5) is 24.0. The van der Waals surface area contributed by atoms with E-state index in [-0.39, 0.29) is 11.5 Å². The normalized spacial score (nSPS) is 12.3. The van der Waals surface area contributed by atoms with Gasteiger partial charge in [0.1, 0.15) is 0 Å². The van der Waals surface area contributed by atoms with E-state index in [1.807, 2.05) is 36.4 Å². The molecule has 0 saturated heterocycles. The van der Waals surface area contributed by atoms with Crippen molar-refractivity contribution in [2.24, 2.45) is 0 Å². The van der Waals surface area contributed by atoms with Crippen molar-refractivity contribution in [2.75, 3.05) is 6.61 Å². The van der Waals surface area contributed by atoms with Crippen molar-refractivity contribution in [3.05, 3.63) is 70.1 Å². The number of ether oxygens (including phenoxy) is 1. The van der Waals surface area contributed by atoms with Gasteiger partial charge in [0.2, 0.25) is 0 Å². The summed E-state index contributed by atoms with van der Waals surface area (Å²) in [5.41, 5.74) is 1.41. The van der Waals surface area contributed by atoms with Crippen molar-refractivity contribution < 1.29 is 9.53 Å². The maximum Gasteiger partial charge on any atom is 0.314 e. The average molecular weight is 297 g/mol. The third-order valence-electron chi connectivity index (χ3n) is 3.32. The number of carbonyl (C=O) groups is 1. The first-order valence-electron chi connectivity index (χ1n) is 7.24. The Hall–Kier alpha value is -2.62. The Kier molecular flexibility index (Phi) is 5.31. The fourth-order valence-electron chi connectivity index (χ4n) is 2.14. The number of rotatable bonds is 5. The standard InChI is InChI=1S/C18H19NO3/c1-3-22-18(21)14(2)16-10-7-11-17(20)19(16)13-12-15-8-5-4-6-9-15/h4-14H,3H2,1-2H3. The highest BCUT2D eigenvalue weighted by molar-refractivity contribution is 5.77. The lowest BCUT2D eigenvalue weighted by atomic mass is 10.1. The minimum Gasteiger partial charge on any atom is -0.465 e. The molecule has 1 aromatic carbocycles. The SMILES string of the molecule is CCOC(=O)C(C)c1cccc(=O)n1C=Cc1ccccc1. The molecule has 22 heavy (non-hydrogen) atoms. The Balaban J connectivity index is 2.37. The van der Waals surface area contributed by atoms with Crippen LogP contribution in [-0.2, 0) is 9.53 Å². The summed E-state index contributed by atoms with van der Waals surface area (Å²) in [5, 5.41) is 0. The first-order valence-corrected chi connectivity index (χ1v) is 7.24. The van der Waals surface area contributed by atoms with E-state index < -0.39 is 5.92 Å². The molecule has 0 aliphatic rings. The molecule has 0 bridgehead atoms. The Morgan fingerprint density at radius 2 is 1.91 bits per heavy atom. The van der Waals surface area contributed by atoms with Gasteiger partial charge in [0.05, 0.1) is 12.5 Å². The fraction of sp³-hybridized carbons (Fsp3) is 0.222. The van der Waals surface area contributed by atoms with Crippen LogP contribution in [-0.4, -0.2) is 17.1 Å². The van der Waals surface area contributed by atoms with E-state index in [0.29, 0.717) is 12.3 Å². The van der Waals surface area contributed by atoms with Gasteiger partial charge in [-0.25, -0.2) is 0 Å². The van der Waals surface area contributed by atoms with Crippen molar-refractivity contribution in [3.63, 3.8) is 0 Å². The molecule has 0 aliphatic carbocycles. The van der Waals surface area contributed by atoms with E-state index in [1.54, 1.807) is 32.2 Å². The molecule has 0 fully saturated rings. The van der Waals surface area contributed by atoms with E-state index in [4.69, 9.17) is 4.74 Å². The molecule has 0 N–H and O–H groups in total. The van der Waals surface area contributed by atoms with Crippen LogP contribution in [0.1, 0.15) is 31.0 Å². The monoisotopic (exact) mass is 297 g/mol. The summed E-state index contributed by atoms with van der Waals surface area (Å²) < 4.78 is 6.52. The number of nitrogens with zero attached hydrogens (tertiary/aromatic N) is 1. The van der Waals surface area contributed by atoms with E-state index in [2.05, 4.69) is 0 Å². The lowest BCUT2D eigenvalue weighted by Crippen LogP contribution is -2.23. The van der Waals surface area contributed by atoms with Gasteiger partial charge in [0.15, 0.2) is 0 Å². The van der Waals surface area contributed by atoms with Crippen molar-refractivity contribution in [3.8, 4) is 0 Å². The Morgan fingerprint density at radius 1 is 1.18 bits per heavy atom. The van der Waals surface area contributed by atoms with Crippen molar-refractivity contribution in [2.45, 2.75) is 19.8 Å². The lowest BCUT2D eigenvalue weighted by Gasteiger charge is -2.14. The van der Waals surface area contributed by atoms with Gasteiger partial charge >= 0.3 is 5.97 Å². The van der Waals surface area contributed by atoms with Crippen LogP contribution in [0.5, 0.6) is 0 Å². The van der Waals surface area contributed by atoms with Crippen LogP contribution < -0.4 is 5.56 Å². The van der Waals surface area contributed by atoms with Crippen LogP contribution in [0.4, 0.5) is 0 Å². The molecule has 114 valence electrons. The van der Waals surface area contributed by atoms with E-state index >= 15 is 0 Å². The second-order valence-electron chi connectivity index (χ2n) is 4.86. The van der Waals surface area contributed by atoms with Gasteiger partial charge in [-0.15, -0.1) is 0 Å². The summed E-state index contributed by atoms with van der Waals surface area (Å²) in [7, 11) is 0. The van der Waals surface area contributed by atoms with Crippen molar-refractivity contribution in [1.82, 2.24) is 4.57 Å². The topological polar surface area (TPSA) is 48.3 Å². The summed E-state index contributed by atoms with van der Waals surface area (Å²) >= 11 is 0. The van der Waals surface area contributed by atoms with Gasteiger partial charge in [-0.2, -0.15) is 0 Å². The molecule has 2 aromatic rings. The molecule has 0 radical (unpaired) electrons. The Labute approximate surface area is 129 Å². The third kappa shape index (κ3) is 3.73. The predicted octanol–water partition coefficient (Wildman–Crippen LogP) is 3.14. The molecule has 1 atom stereocenters. The number of hydrogen-bond acceptors (Lipinski definition) is 3. The largest absolute Gasteiger partial charge is 0.465 e. The van der Waals surface area contributed by atoms with Crippen LogP contribution in [0.15, 0.2) is 53.3 Å². The molecule has 4 heteroatoms. The molecule has 4 nitrogen and oxygen atoms in total. The number of carbonyl (C=O) groups excluding carboxylic acids is 1. The molecular formula is C18H19NO3. The van der Waals surface area contributed by atoms with Crippen molar-refractivity contribution >= 4 is 18.2 Å². The highest BCUT2D eigenvalue weighted by Crippen LogP contribution is 2.16. The van der Waals surface area contributed by atoms with Crippen molar-refractivity contribution in [1.29, 1.82) is 0 Å². The molecule has 0 saturated carbocycles. The van der Waals surface area contributed by atoms with Gasteiger partial charge in [0, 0.05) is 18.0 Å². The van der Waals surface area contributed by atoms with Gasteiger partial charge < -0.3 is 4.74 Å². The summed E-state index contributed by atoms with van der Waals surface area (Å²) in [6, 6.07) is 14.6. The predicted molar refractivity (Wildman–Crippen MR) is 87.4 cm³/mol. The van der Waals surface area contributed by atoms with Crippen LogP contribution >= 0.6 is 0 Å². The van der Waals surface area contributed by atoms with Crippen LogP contribution in [0.3, 0.4) is 0 Å². The number of benzene rings is 1. The smallest absolute Gasteiger partial charge is 0.314 e. The molecule has 1 heterocycles. The summed E-state index contributed by atoms with van der Waals surface area (Å²) in [5.74, 6) is -0.843. The van der Waals surface area contributed by atoms with Crippen LogP contribution in [0.2, 0.25) is 0 Å². The summed E-state index contributed by atoms with van der Waals surface area (Å²) in [6.45, 7) is 3.82. The van der Waals surface area contributed by atoms with E-state index in [0.717, 1.165) is 5.56 Å². The van der Waals surface area contributed by atoms with Crippen LogP contribution in [0, 0.1) is 0 Å². The van der Waals surface area contributed by atoms with E-state index in [9.17, 15) is 9.59 Å². The highest BCUT2D eigenvalue weighted by atomic mass is 16.5. The third-order valence-corrected chi connectivity index (χ3v) is 3.32. The van der Waals surface area contributed by atoms with Gasteiger partial charge in [-0.05, 0) is 31.6 Å². The number of hydrogen-bond donors (Lipinski definition) is 0. The molecule has 1 unspecified atom stereocenters. The first kappa shape index (κ1) is 15.8. The highest BCUT2D eigenvalue weighted by Gasteiger charge is 2.19. The average Bonchev–Trinajstić information content (AvgIpc) is 2.54. The number of pyridine rings is 1. The van der Waals surface area contributed by atoms with Crippen LogP contribution in [0.25, 0.3) is 12.3 Å². The number of esters is 1. The van der Waals surface area contributed by atoms with Gasteiger partial charge in [-0.3, -0.25) is 14.2 Å². The van der Waals surface area contributed by atoms with Gasteiger partial charge in [-0.1, -0.05) is 36.4 Å². The number of aromatic nitrogens is 1. The quantitative estimate of drug-likeness (QED) is 0.797. The maximum atomic E-state index is 12.1. The second-order valence-corrected chi connectivity index (χ2v) is 4.86. The molecule has 2 rings (SSSR count). The molecule has 0 amide bonds. The molecule has 1 aromatic heterocycles. The lowest BCUT2D eigenvalue weighted by molar-refractivity contribution is -0.144. The molecule has 0 spiro atoms. The Bertz CT molecular complexity index is 717.